The number of para-hydroxylation sites is 1. The lowest BCUT2D eigenvalue weighted by Crippen LogP contribution is -2.13. The van der Waals surface area contributed by atoms with Crippen molar-refractivity contribution >= 4 is 17.3 Å². The fraction of sp³-hybridized carbons (Fsp3) is 0.133. The molecule has 2 aromatic rings. The molecule has 2 rings (SSSR count). The van der Waals surface area contributed by atoms with Gasteiger partial charge in [-0.2, -0.15) is 0 Å². The topological polar surface area (TPSA) is 92.5 Å². The largest absolute Gasteiger partial charge is 0.505 e. The number of phenolic OH excluding ortho intramolecular Hbond substituents is 1. The molecule has 1 amide bonds. The van der Waals surface area contributed by atoms with Gasteiger partial charge in [0.15, 0.2) is 5.69 Å². The summed E-state index contributed by atoms with van der Waals surface area (Å²) in [6.45, 7) is 2.00. The first-order valence-electron chi connectivity index (χ1n) is 6.39. The number of carbonyl (C=O) groups excluding carboxylic acids is 1. The van der Waals surface area contributed by atoms with Gasteiger partial charge in [-0.3, -0.25) is 14.9 Å². The number of nitrogens with zero attached hydrogens (tertiary/aromatic N) is 1. The molecule has 0 saturated heterocycles. The average Bonchev–Trinajstić information content (AvgIpc) is 2.49. The van der Waals surface area contributed by atoms with Crippen LogP contribution in [0.5, 0.6) is 5.75 Å². The number of benzene rings is 2. The highest BCUT2D eigenvalue weighted by Crippen LogP contribution is 2.33. The molecule has 2 N–H and O–H groups in total. The maximum atomic E-state index is 12.1. The van der Waals surface area contributed by atoms with E-state index in [9.17, 15) is 20.0 Å². The highest BCUT2D eigenvalue weighted by molar-refractivity contribution is 6.06. The molecule has 0 aliphatic rings. The summed E-state index contributed by atoms with van der Waals surface area (Å²) in [5.74, 6) is -0.856. The van der Waals surface area contributed by atoms with Crippen molar-refractivity contribution < 1.29 is 14.8 Å². The van der Waals surface area contributed by atoms with E-state index in [0.717, 1.165) is 12.0 Å². The highest BCUT2D eigenvalue weighted by atomic mass is 16.6. The predicted octanol–water partition coefficient (Wildman–Crippen LogP) is 3.12. The molecule has 21 heavy (non-hydrogen) atoms. The van der Waals surface area contributed by atoms with Gasteiger partial charge in [0.05, 0.1) is 4.92 Å². The summed E-state index contributed by atoms with van der Waals surface area (Å²) in [7, 11) is 0. The van der Waals surface area contributed by atoms with Gasteiger partial charge in [0.1, 0.15) is 5.75 Å². The average molecular weight is 286 g/mol. The number of rotatable bonds is 4. The van der Waals surface area contributed by atoms with Gasteiger partial charge in [0, 0.05) is 11.6 Å². The Bertz CT molecular complexity index is 681. The maximum absolute atomic E-state index is 12.1. The molecule has 6 heteroatoms. The predicted molar refractivity (Wildman–Crippen MR) is 78.5 cm³/mol. The van der Waals surface area contributed by atoms with E-state index in [1.54, 1.807) is 12.1 Å². The zero-order chi connectivity index (χ0) is 15.4. The summed E-state index contributed by atoms with van der Waals surface area (Å²) < 4.78 is 0. The van der Waals surface area contributed by atoms with Gasteiger partial charge in [-0.25, -0.2) is 0 Å². The maximum Gasteiger partial charge on any atom is 0.296 e. The monoisotopic (exact) mass is 286 g/mol. The Morgan fingerprint density at radius 1 is 1.24 bits per heavy atom. The number of nitro groups is 1. The number of aromatic hydroxyl groups is 1. The van der Waals surface area contributed by atoms with Crippen molar-refractivity contribution in [1.82, 2.24) is 0 Å². The van der Waals surface area contributed by atoms with E-state index in [1.807, 2.05) is 19.1 Å². The van der Waals surface area contributed by atoms with E-state index in [4.69, 9.17) is 0 Å². The Labute approximate surface area is 121 Å². The number of carbonyl (C=O) groups is 1. The molecule has 0 fully saturated rings. The van der Waals surface area contributed by atoms with Crippen molar-refractivity contribution in [2.75, 3.05) is 5.32 Å². The van der Waals surface area contributed by atoms with Gasteiger partial charge >= 0.3 is 0 Å². The third-order valence-corrected chi connectivity index (χ3v) is 3.08. The van der Waals surface area contributed by atoms with Crippen molar-refractivity contribution in [1.29, 1.82) is 0 Å². The van der Waals surface area contributed by atoms with E-state index in [1.165, 1.54) is 18.2 Å². The number of nitrogens with one attached hydrogen (secondary N) is 1. The van der Waals surface area contributed by atoms with Gasteiger partial charge in [0.25, 0.3) is 11.6 Å². The molecule has 0 radical (unpaired) electrons. The smallest absolute Gasteiger partial charge is 0.296 e. The van der Waals surface area contributed by atoms with Crippen LogP contribution in [0.3, 0.4) is 0 Å². The first kappa shape index (κ1) is 14.5. The van der Waals surface area contributed by atoms with Crippen LogP contribution in [0.15, 0.2) is 42.5 Å². The van der Waals surface area contributed by atoms with Gasteiger partial charge in [-0.05, 0) is 30.2 Å². The third-order valence-electron chi connectivity index (χ3n) is 3.08. The normalized spacial score (nSPS) is 10.1. The van der Waals surface area contributed by atoms with Crippen molar-refractivity contribution in [2.45, 2.75) is 13.3 Å². The van der Waals surface area contributed by atoms with E-state index in [2.05, 4.69) is 5.32 Å². The zero-order valence-corrected chi connectivity index (χ0v) is 11.4. The minimum absolute atomic E-state index is 0.202. The quantitative estimate of drug-likeness (QED) is 0.513. The molecular formula is C15H14N2O4. The lowest BCUT2D eigenvalue weighted by Gasteiger charge is -2.08. The van der Waals surface area contributed by atoms with Crippen LogP contribution in [0.2, 0.25) is 0 Å². The lowest BCUT2D eigenvalue weighted by atomic mass is 10.1. The number of aryl methyl sites for hydroxylation is 1. The fourth-order valence-electron chi connectivity index (χ4n) is 1.89. The second kappa shape index (κ2) is 6.04. The van der Waals surface area contributed by atoms with Gasteiger partial charge in [0.2, 0.25) is 0 Å². The third kappa shape index (κ3) is 3.17. The van der Waals surface area contributed by atoms with Gasteiger partial charge < -0.3 is 10.4 Å². The number of anilines is 1. The Hall–Kier alpha value is -2.89. The van der Waals surface area contributed by atoms with Crippen LogP contribution in [-0.2, 0) is 6.42 Å². The summed E-state index contributed by atoms with van der Waals surface area (Å²) in [6, 6.07) is 10.7. The number of nitro benzene ring substituents is 1. The number of phenols is 1. The molecule has 6 nitrogen and oxygen atoms in total. The summed E-state index contributed by atoms with van der Waals surface area (Å²) in [5, 5.41) is 23.0. The molecular weight excluding hydrogens is 272 g/mol. The SMILES string of the molecule is CCc1ccc(C(=O)Nc2c(O)cccc2[N+](=O)[O-])cc1. The molecule has 2 aromatic carbocycles. The highest BCUT2D eigenvalue weighted by Gasteiger charge is 2.20. The minimum atomic E-state index is -0.657. The molecule has 0 saturated carbocycles. The van der Waals surface area contributed by atoms with E-state index in [0.29, 0.717) is 5.56 Å². The molecule has 0 aromatic heterocycles. The second-order valence-electron chi connectivity index (χ2n) is 4.43. The van der Waals surface area contributed by atoms with E-state index >= 15 is 0 Å². The lowest BCUT2D eigenvalue weighted by molar-refractivity contribution is -0.384. The van der Waals surface area contributed by atoms with Crippen LogP contribution >= 0.6 is 0 Å². The molecule has 0 bridgehead atoms. The van der Waals surface area contributed by atoms with Crippen LogP contribution in [0.25, 0.3) is 0 Å². The Morgan fingerprint density at radius 3 is 2.48 bits per heavy atom. The van der Waals surface area contributed by atoms with Crippen LogP contribution in [0, 0.1) is 10.1 Å². The summed E-state index contributed by atoms with van der Waals surface area (Å²) in [4.78, 5) is 22.4. The van der Waals surface area contributed by atoms with Crippen LogP contribution in [-0.4, -0.2) is 15.9 Å². The van der Waals surface area contributed by atoms with E-state index < -0.39 is 10.8 Å². The van der Waals surface area contributed by atoms with Crippen LogP contribution in [0.1, 0.15) is 22.8 Å². The van der Waals surface area contributed by atoms with Gasteiger partial charge in [-0.1, -0.05) is 25.1 Å². The Kier molecular flexibility index (Phi) is 4.18. The van der Waals surface area contributed by atoms with Crippen molar-refractivity contribution in [3.8, 4) is 5.75 Å². The zero-order valence-electron chi connectivity index (χ0n) is 11.4. The van der Waals surface area contributed by atoms with E-state index in [-0.39, 0.29) is 17.1 Å². The van der Waals surface area contributed by atoms with Crippen LogP contribution in [0.4, 0.5) is 11.4 Å². The van der Waals surface area contributed by atoms with Crippen molar-refractivity contribution in [3.63, 3.8) is 0 Å². The van der Waals surface area contributed by atoms with Crippen molar-refractivity contribution in [2.24, 2.45) is 0 Å². The standard InChI is InChI=1S/C15H14N2O4/c1-2-10-6-8-11(9-7-10)15(19)16-14-12(17(20)21)4-3-5-13(14)18/h3-9,18H,2H2,1H3,(H,16,19). The second-order valence-corrected chi connectivity index (χ2v) is 4.43. The molecule has 0 aliphatic carbocycles. The number of amides is 1. The Morgan fingerprint density at radius 2 is 1.90 bits per heavy atom. The molecule has 108 valence electrons. The minimum Gasteiger partial charge on any atom is -0.505 e. The fourth-order valence-corrected chi connectivity index (χ4v) is 1.89. The summed E-state index contributed by atoms with van der Waals surface area (Å²) in [5.41, 5.74) is 0.894. The first-order chi connectivity index (χ1) is 10.0. The first-order valence-corrected chi connectivity index (χ1v) is 6.39. The van der Waals surface area contributed by atoms with Crippen LogP contribution < -0.4 is 5.32 Å². The summed E-state index contributed by atoms with van der Waals surface area (Å²) in [6.07, 6.45) is 0.854. The van der Waals surface area contributed by atoms with Crippen molar-refractivity contribution in [3.05, 3.63) is 63.7 Å². The number of hydrogen-bond donors (Lipinski definition) is 2. The molecule has 0 spiro atoms. The van der Waals surface area contributed by atoms with Gasteiger partial charge in [-0.15, -0.1) is 0 Å². The number of hydrogen-bond acceptors (Lipinski definition) is 4. The molecule has 0 heterocycles. The molecule has 0 unspecified atom stereocenters. The summed E-state index contributed by atoms with van der Waals surface area (Å²) >= 11 is 0. The molecule has 0 atom stereocenters. The molecule has 0 aliphatic heterocycles. The Balaban J connectivity index is 2.29.